The Morgan fingerprint density at radius 3 is 2.96 bits per heavy atom. The van der Waals surface area contributed by atoms with Gasteiger partial charge in [0.25, 0.3) is 0 Å². The van der Waals surface area contributed by atoms with Crippen LogP contribution >= 0.6 is 0 Å². The minimum absolute atomic E-state index is 0.252. The standard InChI is InChI=1S/C19H22N4O2S/c1-12-7-8-23(12)19-21-15-4-2-3-14(15)18(22-19)13-5-6-16-17(11-13)26(20,24)10-9-25-16/h5-6,11-12,20H,2-4,7-10H2,1H3/t12-,26?/m1/s1. The van der Waals surface area contributed by atoms with Gasteiger partial charge in [0, 0.05) is 29.4 Å². The van der Waals surface area contributed by atoms with E-state index in [1.807, 2.05) is 18.2 Å². The number of aromatic nitrogens is 2. The first-order valence-corrected chi connectivity index (χ1v) is 11.0. The molecule has 0 radical (unpaired) electrons. The van der Waals surface area contributed by atoms with Crippen LogP contribution in [0.2, 0.25) is 0 Å². The van der Waals surface area contributed by atoms with Crippen molar-refractivity contribution in [1.29, 1.82) is 4.78 Å². The monoisotopic (exact) mass is 370 g/mol. The van der Waals surface area contributed by atoms with Crippen molar-refractivity contribution in [3.8, 4) is 17.0 Å². The van der Waals surface area contributed by atoms with E-state index in [-0.39, 0.29) is 5.75 Å². The molecule has 1 aromatic carbocycles. The van der Waals surface area contributed by atoms with Crippen LogP contribution in [0.3, 0.4) is 0 Å². The summed E-state index contributed by atoms with van der Waals surface area (Å²) in [7, 11) is -2.79. The Morgan fingerprint density at radius 1 is 1.31 bits per heavy atom. The third-order valence-corrected chi connectivity index (χ3v) is 7.47. The van der Waals surface area contributed by atoms with Crippen molar-refractivity contribution in [1.82, 2.24) is 9.97 Å². The fourth-order valence-corrected chi connectivity index (χ4v) is 5.32. The lowest BCUT2D eigenvalue weighted by Crippen LogP contribution is -2.46. The molecule has 2 atom stereocenters. The summed E-state index contributed by atoms with van der Waals surface area (Å²) in [6.45, 7) is 3.54. The second-order valence-electron chi connectivity index (χ2n) is 7.37. The summed E-state index contributed by atoms with van der Waals surface area (Å²) in [6, 6.07) is 6.15. The number of fused-ring (bicyclic) bond motifs is 2. The highest BCUT2D eigenvalue weighted by molar-refractivity contribution is 7.92. The minimum Gasteiger partial charge on any atom is -0.491 e. The molecule has 1 unspecified atom stereocenters. The van der Waals surface area contributed by atoms with Gasteiger partial charge >= 0.3 is 0 Å². The van der Waals surface area contributed by atoms with Crippen LogP contribution in [-0.4, -0.2) is 39.1 Å². The normalized spacial score (nSPS) is 26.7. The zero-order valence-electron chi connectivity index (χ0n) is 14.8. The first-order chi connectivity index (χ1) is 12.5. The second-order valence-corrected chi connectivity index (χ2v) is 9.57. The molecule has 6 nitrogen and oxygen atoms in total. The van der Waals surface area contributed by atoms with Gasteiger partial charge < -0.3 is 9.64 Å². The first-order valence-electron chi connectivity index (χ1n) is 9.23. The zero-order valence-corrected chi connectivity index (χ0v) is 15.6. The van der Waals surface area contributed by atoms with Gasteiger partial charge in [-0.25, -0.2) is 19.0 Å². The smallest absolute Gasteiger partial charge is 0.226 e. The van der Waals surface area contributed by atoms with E-state index >= 15 is 0 Å². The van der Waals surface area contributed by atoms with Crippen LogP contribution in [0.1, 0.15) is 31.0 Å². The number of hydrogen-bond acceptors (Lipinski definition) is 6. The Labute approximate surface area is 153 Å². The Hall–Kier alpha value is -2.15. The SMILES string of the molecule is C[C@@H]1CCN1c1nc2c(c(-c3ccc4c(c3)S(=N)(=O)CCO4)n1)CCC2. The second kappa shape index (κ2) is 5.67. The fourth-order valence-electron chi connectivity index (χ4n) is 4.01. The highest BCUT2D eigenvalue weighted by Crippen LogP contribution is 2.37. The minimum atomic E-state index is -2.79. The predicted molar refractivity (Wildman–Crippen MR) is 100 cm³/mol. The lowest BCUT2D eigenvalue weighted by molar-refractivity contribution is 0.325. The van der Waals surface area contributed by atoms with E-state index in [0.29, 0.717) is 23.3 Å². The Kier molecular flexibility index (Phi) is 3.50. The van der Waals surface area contributed by atoms with Crippen molar-refractivity contribution in [2.75, 3.05) is 23.8 Å². The predicted octanol–water partition coefficient (Wildman–Crippen LogP) is 3.03. The molecular weight excluding hydrogens is 348 g/mol. The van der Waals surface area contributed by atoms with Crippen molar-refractivity contribution < 1.29 is 8.95 Å². The summed E-state index contributed by atoms with van der Waals surface area (Å²) in [5.41, 5.74) is 4.20. The molecule has 1 fully saturated rings. The van der Waals surface area contributed by atoms with Crippen LogP contribution in [-0.2, 0) is 22.6 Å². The van der Waals surface area contributed by atoms with E-state index in [0.717, 1.165) is 48.7 Å². The van der Waals surface area contributed by atoms with Crippen molar-refractivity contribution in [3.05, 3.63) is 29.5 Å². The quantitative estimate of drug-likeness (QED) is 0.879. The number of nitrogens with zero attached hydrogens (tertiary/aromatic N) is 3. The maximum absolute atomic E-state index is 12.7. The van der Waals surface area contributed by atoms with E-state index < -0.39 is 9.73 Å². The lowest BCUT2D eigenvalue weighted by atomic mass is 10.0. The van der Waals surface area contributed by atoms with Crippen molar-refractivity contribution in [2.24, 2.45) is 0 Å². The summed E-state index contributed by atoms with van der Waals surface area (Å²) < 4.78 is 26.5. The third kappa shape index (κ3) is 2.40. The van der Waals surface area contributed by atoms with Crippen molar-refractivity contribution in [3.63, 3.8) is 0 Å². The molecule has 1 N–H and O–H groups in total. The molecule has 1 saturated heterocycles. The molecule has 7 heteroatoms. The van der Waals surface area contributed by atoms with Gasteiger partial charge in [-0.2, -0.15) is 0 Å². The Morgan fingerprint density at radius 2 is 2.19 bits per heavy atom. The molecule has 0 spiro atoms. The van der Waals surface area contributed by atoms with Gasteiger partial charge in [0.2, 0.25) is 5.95 Å². The highest BCUT2D eigenvalue weighted by atomic mass is 32.2. The molecule has 0 bridgehead atoms. The van der Waals surface area contributed by atoms with Gasteiger partial charge in [0.05, 0.1) is 26.1 Å². The topological polar surface area (TPSA) is 79.2 Å². The molecule has 136 valence electrons. The molecule has 1 aromatic heterocycles. The zero-order chi connectivity index (χ0) is 17.9. The van der Waals surface area contributed by atoms with E-state index in [9.17, 15) is 4.21 Å². The lowest BCUT2D eigenvalue weighted by Gasteiger charge is -2.39. The number of hydrogen-bond donors (Lipinski definition) is 1. The third-order valence-electron chi connectivity index (χ3n) is 5.70. The Balaban J connectivity index is 1.66. The van der Waals surface area contributed by atoms with Gasteiger partial charge in [-0.3, -0.25) is 0 Å². The number of rotatable bonds is 2. The summed E-state index contributed by atoms with van der Waals surface area (Å²) in [5.74, 6) is 1.63. The summed E-state index contributed by atoms with van der Waals surface area (Å²) in [6.07, 6.45) is 4.24. The van der Waals surface area contributed by atoms with Gasteiger partial charge in [-0.1, -0.05) is 0 Å². The number of benzene rings is 1. The van der Waals surface area contributed by atoms with Crippen LogP contribution in [0.4, 0.5) is 5.95 Å². The van der Waals surface area contributed by atoms with E-state index in [1.54, 1.807) is 0 Å². The molecule has 5 rings (SSSR count). The molecule has 3 heterocycles. The van der Waals surface area contributed by atoms with Crippen LogP contribution < -0.4 is 9.64 Å². The van der Waals surface area contributed by atoms with E-state index in [1.165, 1.54) is 12.0 Å². The van der Waals surface area contributed by atoms with Crippen LogP contribution in [0, 0.1) is 4.78 Å². The number of anilines is 1. The summed E-state index contributed by atoms with van der Waals surface area (Å²) in [5, 5.41) is 0. The van der Waals surface area contributed by atoms with Crippen LogP contribution in [0.15, 0.2) is 23.1 Å². The molecule has 2 aliphatic heterocycles. The average molecular weight is 370 g/mol. The largest absolute Gasteiger partial charge is 0.491 e. The Bertz CT molecular complexity index is 1000. The average Bonchev–Trinajstić information content (AvgIpc) is 3.08. The number of ether oxygens (including phenoxy) is 1. The van der Waals surface area contributed by atoms with Gasteiger partial charge in [0.1, 0.15) is 12.4 Å². The molecule has 2 aromatic rings. The number of aryl methyl sites for hydroxylation is 1. The molecule has 3 aliphatic rings. The van der Waals surface area contributed by atoms with Gasteiger partial charge in [-0.05, 0) is 50.8 Å². The first kappa shape index (κ1) is 16.1. The fraction of sp³-hybridized carbons (Fsp3) is 0.474. The van der Waals surface area contributed by atoms with Crippen LogP contribution in [0.5, 0.6) is 5.75 Å². The van der Waals surface area contributed by atoms with Crippen LogP contribution in [0.25, 0.3) is 11.3 Å². The van der Waals surface area contributed by atoms with Gasteiger partial charge in [-0.15, -0.1) is 0 Å². The molecule has 0 amide bonds. The molecular formula is C19H22N4O2S. The molecule has 0 saturated carbocycles. The van der Waals surface area contributed by atoms with Gasteiger partial charge in [0.15, 0.2) is 0 Å². The van der Waals surface area contributed by atoms with Crippen molar-refractivity contribution in [2.45, 2.75) is 43.5 Å². The maximum atomic E-state index is 12.7. The van der Waals surface area contributed by atoms with E-state index in [2.05, 4.69) is 11.8 Å². The maximum Gasteiger partial charge on any atom is 0.226 e. The molecule has 26 heavy (non-hydrogen) atoms. The molecule has 1 aliphatic carbocycles. The van der Waals surface area contributed by atoms with Crippen molar-refractivity contribution >= 4 is 15.7 Å². The van der Waals surface area contributed by atoms with E-state index in [4.69, 9.17) is 19.5 Å². The summed E-state index contributed by atoms with van der Waals surface area (Å²) >= 11 is 0. The number of nitrogens with one attached hydrogen (secondary N) is 1. The highest BCUT2D eigenvalue weighted by Gasteiger charge is 2.30. The summed E-state index contributed by atoms with van der Waals surface area (Å²) in [4.78, 5) is 12.5.